The van der Waals surface area contributed by atoms with Crippen LogP contribution in [-0.4, -0.2) is 25.9 Å². The van der Waals surface area contributed by atoms with E-state index in [4.69, 9.17) is 10.5 Å². The van der Waals surface area contributed by atoms with Gasteiger partial charge in [0, 0.05) is 19.7 Å². The van der Waals surface area contributed by atoms with Gasteiger partial charge in [-0.05, 0) is 6.08 Å². The summed E-state index contributed by atoms with van der Waals surface area (Å²) in [4.78, 5) is 0. The average Bonchev–Trinajstić information content (AvgIpc) is 1.90. The van der Waals surface area contributed by atoms with E-state index in [0.717, 1.165) is 6.54 Å². The van der Waals surface area contributed by atoms with Gasteiger partial charge in [-0.3, -0.25) is 5.32 Å². The van der Waals surface area contributed by atoms with Crippen LogP contribution in [0.15, 0.2) is 12.2 Å². The van der Waals surface area contributed by atoms with Crippen LogP contribution >= 0.6 is 0 Å². The van der Waals surface area contributed by atoms with Gasteiger partial charge < -0.3 is 10.5 Å². The van der Waals surface area contributed by atoms with Gasteiger partial charge in [0.2, 0.25) is 0 Å². The molecule has 0 fully saturated rings. The van der Waals surface area contributed by atoms with Crippen molar-refractivity contribution in [1.29, 1.82) is 0 Å². The predicted molar refractivity (Wildman–Crippen MR) is 35.9 cm³/mol. The fraction of sp³-hybridized carbons (Fsp3) is 0.667. The van der Waals surface area contributed by atoms with E-state index in [1.54, 1.807) is 7.11 Å². The van der Waals surface area contributed by atoms with E-state index in [9.17, 15) is 0 Å². The van der Waals surface area contributed by atoms with Crippen LogP contribution in [0.1, 0.15) is 0 Å². The second kappa shape index (κ2) is 2.96. The molecule has 52 valence electrons. The SMILES string of the molecule is COC1C=CC(N)CN1. The molecule has 1 rings (SSSR count). The number of hydrogen-bond donors (Lipinski definition) is 2. The standard InChI is InChI=1S/C6H12N2O/c1-9-6-3-2-5(7)4-8-6/h2-3,5-6,8H,4,7H2,1H3. The first-order chi connectivity index (χ1) is 4.33. The number of rotatable bonds is 1. The highest BCUT2D eigenvalue weighted by molar-refractivity contribution is 5.01. The molecule has 0 aromatic rings. The maximum atomic E-state index is 5.55. The lowest BCUT2D eigenvalue weighted by Crippen LogP contribution is -2.42. The Balaban J connectivity index is 2.38. The summed E-state index contributed by atoms with van der Waals surface area (Å²) in [5.41, 5.74) is 5.55. The van der Waals surface area contributed by atoms with Crippen molar-refractivity contribution in [1.82, 2.24) is 5.32 Å². The van der Waals surface area contributed by atoms with Gasteiger partial charge >= 0.3 is 0 Å². The first kappa shape index (κ1) is 6.74. The molecule has 9 heavy (non-hydrogen) atoms. The van der Waals surface area contributed by atoms with E-state index in [0.29, 0.717) is 0 Å². The minimum Gasteiger partial charge on any atom is -0.363 e. The number of hydrogen-bond acceptors (Lipinski definition) is 3. The van der Waals surface area contributed by atoms with Crippen LogP contribution in [0.25, 0.3) is 0 Å². The lowest BCUT2D eigenvalue weighted by Gasteiger charge is -2.20. The molecule has 1 heterocycles. The molecule has 3 N–H and O–H groups in total. The molecule has 0 saturated heterocycles. The molecule has 0 aliphatic carbocycles. The van der Waals surface area contributed by atoms with E-state index in [2.05, 4.69) is 5.32 Å². The third-order valence-electron chi connectivity index (χ3n) is 1.34. The van der Waals surface area contributed by atoms with Crippen molar-refractivity contribution in [2.45, 2.75) is 12.3 Å². The van der Waals surface area contributed by atoms with Crippen molar-refractivity contribution in [3.63, 3.8) is 0 Å². The van der Waals surface area contributed by atoms with Crippen LogP contribution in [-0.2, 0) is 4.74 Å². The molecule has 0 amide bonds. The van der Waals surface area contributed by atoms with E-state index >= 15 is 0 Å². The molecule has 1 aliphatic rings. The van der Waals surface area contributed by atoms with Crippen molar-refractivity contribution in [2.24, 2.45) is 5.73 Å². The van der Waals surface area contributed by atoms with Crippen LogP contribution < -0.4 is 11.1 Å². The molecular formula is C6H12N2O. The smallest absolute Gasteiger partial charge is 0.127 e. The third kappa shape index (κ3) is 1.78. The van der Waals surface area contributed by atoms with E-state index in [1.165, 1.54) is 0 Å². The Labute approximate surface area is 54.9 Å². The first-order valence-electron chi connectivity index (χ1n) is 3.03. The molecule has 3 nitrogen and oxygen atoms in total. The van der Waals surface area contributed by atoms with Gasteiger partial charge in [-0.1, -0.05) is 6.08 Å². The Hall–Kier alpha value is -0.380. The second-order valence-electron chi connectivity index (χ2n) is 2.11. The minimum absolute atomic E-state index is 0.0600. The Kier molecular flexibility index (Phi) is 2.22. The van der Waals surface area contributed by atoms with Crippen molar-refractivity contribution in [3.05, 3.63) is 12.2 Å². The largest absolute Gasteiger partial charge is 0.363 e. The molecule has 0 bridgehead atoms. The van der Waals surface area contributed by atoms with Crippen LogP contribution in [0.5, 0.6) is 0 Å². The quantitative estimate of drug-likeness (QED) is 0.466. The van der Waals surface area contributed by atoms with Crippen molar-refractivity contribution >= 4 is 0 Å². The normalized spacial score (nSPS) is 34.9. The van der Waals surface area contributed by atoms with Gasteiger partial charge in [-0.25, -0.2) is 0 Å². The van der Waals surface area contributed by atoms with E-state index in [-0.39, 0.29) is 12.3 Å². The summed E-state index contributed by atoms with van der Waals surface area (Å²) in [7, 11) is 1.67. The van der Waals surface area contributed by atoms with Crippen molar-refractivity contribution in [2.75, 3.05) is 13.7 Å². The summed E-state index contributed by atoms with van der Waals surface area (Å²) in [6.45, 7) is 0.801. The molecule has 0 saturated carbocycles. The predicted octanol–water partition coefficient (Wildman–Crippen LogP) is -0.554. The van der Waals surface area contributed by atoms with Crippen LogP contribution in [0.4, 0.5) is 0 Å². The van der Waals surface area contributed by atoms with E-state index < -0.39 is 0 Å². The summed E-state index contributed by atoms with van der Waals surface area (Å²) in [5.74, 6) is 0. The maximum Gasteiger partial charge on any atom is 0.127 e. The molecule has 2 unspecified atom stereocenters. The zero-order valence-electron chi connectivity index (χ0n) is 5.50. The fourth-order valence-corrected chi connectivity index (χ4v) is 0.794. The van der Waals surface area contributed by atoms with Crippen molar-refractivity contribution < 1.29 is 4.74 Å². The van der Waals surface area contributed by atoms with Gasteiger partial charge in [-0.15, -0.1) is 0 Å². The monoisotopic (exact) mass is 128 g/mol. The second-order valence-corrected chi connectivity index (χ2v) is 2.11. The van der Waals surface area contributed by atoms with Crippen LogP contribution in [0, 0.1) is 0 Å². The molecule has 0 aromatic heterocycles. The molecule has 3 heteroatoms. The summed E-state index contributed by atoms with van der Waals surface area (Å²) in [5, 5.41) is 3.08. The lowest BCUT2D eigenvalue weighted by atomic mass is 10.2. The van der Waals surface area contributed by atoms with Crippen LogP contribution in [0.2, 0.25) is 0 Å². The number of nitrogens with two attached hydrogens (primary N) is 1. The van der Waals surface area contributed by atoms with Crippen LogP contribution in [0.3, 0.4) is 0 Å². The summed E-state index contributed by atoms with van der Waals surface area (Å²) in [6.07, 6.45) is 3.93. The first-order valence-corrected chi connectivity index (χ1v) is 3.03. The fourth-order valence-electron chi connectivity index (χ4n) is 0.794. The number of nitrogens with one attached hydrogen (secondary N) is 1. The topological polar surface area (TPSA) is 47.3 Å². The molecule has 0 aromatic carbocycles. The van der Waals surface area contributed by atoms with Gasteiger partial charge in [0.25, 0.3) is 0 Å². The third-order valence-corrected chi connectivity index (χ3v) is 1.34. The van der Waals surface area contributed by atoms with Gasteiger partial charge in [0.05, 0.1) is 0 Å². The molecule has 0 radical (unpaired) electrons. The van der Waals surface area contributed by atoms with E-state index in [1.807, 2.05) is 12.2 Å². The Bertz CT molecular complexity index is 114. The van der Waals surface area contributed by atoms with Gasteiger partial charge in [-0.2, -0.15) is 0 Å². The molecule has 1 aliphatic heterocycles. The highest BCUT2D eigenvalue weighted by atomic mass is 16.5. The Morgan fingerprint density at radius 3 is 2.89 bits per heavy atom. The lowest BCUT2D eigenvalue weighted by molar-refractivity contribution is 0.108. The molecule has 2 atom stereocenters. The zero-order chi connectivity index (χ0) is 6.69. The summed E-state index contributed by atoms with van der Waals surface area (Å²) < 4.78 is 4.99. The number of methoxy groups -OCH3 is 1. The highest BCUT2D eigenvalue weighted by Crippen LogP contribution is 1.95. The van der Waals surface area contributed by atoms with Gasteiger partial charge in [0.1, 0.15) is 6.23 Å². The summed E-state index contributed by atoms with van der Waals surface area (Å²) in [6, 6.07) is 0.149. The maximum absolute atomic E-state index is 5.55. The molecular weight excluding hydrogens is 116 g/mol. The zero-order valence-corrected chi connectivity index (χ0v) is 5.50. The minimum atomic E-state index is 0.0600. The van der Waals surface area contributed by atoms with Crippen molar-refractivity contribution in [3.8, 4) is 0 Å². The molecule has 0 spiro atoms. The average molecular weight is 128 g/mol. The number of ether oxygens (including phenoxy) is 1. The van der Waals surface area contributed by atoms with Gasteiger partial charge in [0.15, 0.2) is 0 Å². The summed E-state index contributed by atoms with van der Waals surface area (Å²) >= 11 is 0. The highest BCUT2D eigenvalue weighted by Gasteiger charge is 2.08. The Morgan fingerprint density at radius 1 is 1.67 bits per heavy atom. The Morgan fingerprint density at radius 2 is 2.44 bits per heavy atom.